The molecule has 0 spiro atoms. The van der Waals surface area contributed by atoms with Crippen molar-refractivity contribution in [1.82, 2.24) is 24.1 Å². The van der Waals surface area contributed by atoms with Crippen LogP contribution in [-0.2, 0) is 20.2 Å². The highest BCUT2D eigenvalue weighted by molar-refractivity contribution is 7.88. The summed E-state index contributed by atoms with van der Waals surface area (Å²) in [6, 6.07) is 17.0. The standard InChI is InChI=1S/C34H46FN5O3S/c1-24-37-30-10-5-6-11-31(30)40(24)29-21-27-12-13-28(22-29)39(27)19-16-34(25-8-7-9-26(35)20-25)14-17-38(18-15-34)32(41)33(2,3)23-36-44(4,42)43/h5-11,20,27-29,36H,12-19,21-23H2,1-4H3/t27-,28+,29+. The van der Waals surface area contributed by atoms with E-state index in [2.05, 4.69) is 45.4 Å². The van der Waals surface area contributed by atoms with Gasteiger partial charge in [-0.05, 0) is 108 Å². The molecule has 2 bridgehead atoms. The smallest absolute Gasteiger partial charge is 0.229 e. The fourth-order valence-corrected chi connectivity index (χ4v) is 8.87. The zero-order valence-electron chi connectivity index (χ0n) is 26.4. The number of aryl methyl sites for hydroxylation is 1. The van der Waals surface area contributed by atoms with Gasteiger partial charge < -0.3 is 9.47 Å². The van der Waals surface area contributed by atoms with Gasteiger partial charge in [0.2, 0.25) is 15.9 Å². The molecule has 0 saturated carbocycles. The number of rotatable bonds is 9. The van der Waals surface area contributed by atoms with Crippen LogP contribution in [0.15, 0.2) is 48.5 Å². The van der Waals surface area contributed by atoms with E-state index in [4.69, 9.17) is 4.98 Å². The first kappa shape index (κ1) is 31.2. The van der Waals surface area contributed by atoms with E-state index in [1.165, 1.54) is 24.4 Å². The Balaban J connectivity index is 1.16. The van der Waals surface area contributed by atoms with E-state index in [1.807, 2.05) is 11.0 Å². The number of halogens is 1. The third kappa shape index (κ3) is 6.17. The summed E-state index contributed by atoms with van der Waals surface area (Å²) in [4.78, 5) is 22.9. The number of nitrogens with one attached hydrogen (secondary N) is 1. The van der Waals surface area contributed by atoms with Crippen molar-refractivity contribution in [2.24, 2.45) is 5.41 Å². The van der Waals surface area contributed by atoms with Crippen molar-refractivity contribution < 1.29 is 17.6 Å². The van der Waals surface area contributed by atoms with Gasteiger partial charge in [0.05, 0.1) is 22.7 Å². The molecular formula is C34H46FN5O3S. The molecule has 3 aliphatic rings. The third-order valence-corrected chi connectivity index (χ3v) is 11.3. The quantitative estimate of drug-likeness (QED) is 0.355. The second-order valence-corrected chi connectivity index (χ2v) is 15.9. The summed E-state index contributed by atoms with van der Waals surface area (Å²) < 4.78 is 42.8. The van der Waals surface area contributed by atoms with Gasteiger partial charge in [-0.15, -0.1) is 0 Å². The number of benzene rings is 2. The van der Waals surface area contributed by atoms with Gasteiger partial charge in [-0.1, -0.05) is 24.3 Å². The van der Waals surface area contributed by atoms with Crippen LogP contribution in [0.5, 0.6) is 0 Å². The molecule has 238 valence electrons. The predicted molar refractivity (Wildman–Crippen MR) is 171 cm³/mol. The third-order valence-electron chi connectivity index (χ3n) is 10.6. The Morgan fingerprint density at radius 1 is 1.05 bits per heavy atom. The Morgan fingerprint density at radius 3 is 2.39 bits per heavy atom. The summed E-state index contributed by atoms with van der Waals surface area (Å²) in [5.41, 5.74) is 2.23. The minimum absolute atomic E-state index is 0.0519. The van der Waals surface area contributed by atoms with Gasteiger partial charge in [-0.25, -0.2) is 22.5 Å². The average molecular weight is 624 g/mol. The summed E-state index contributed by atoms with van der Waals surface area (Å²) >= 11 is 0. The number of para-hydroxylation sites is 2. The van der Waals surface area contributed by atoms with E-state index in [-0.39, 0.29) is 23.7 Å². The molecule has 3 aromatic rings. The summed E-state index contributed by atoms with van der Waals surface area (Å²) in [6.45, 7) is 7.85. The second-order valence-electron chi connectivity index (χ2n) is 14.1. The highest BCUT2D eigenvalue weighted by Gasteiger charge is 2.45. The lowest BCUT2D eigenvalue weighted by Gasteiger charge is -2.46. The second kappa shape index (κ2) is 11.8. The molecule has 1 aromatic heterocycles. The normalized spacial score (nSPS) is 24.2. The first-order chi connectivity index (χ1) is 20.9. The van der Waals surface area contributed by atoms with Crippen LogP contribution < -0.4 is 4.72 Å². The number of amides is 1. The number of piperidine rings is 2. The summed E-state index contributed by atoms with van der Waals surface area (Å²) in [7, 11) is -3.40. The van der Waals surface area contributed by atoms with Gasteiger partial charge in [-0.3, -0.25) is 9.69 Å². The number of carbonyl (C=O) groups excluding carboxylic acids is 1. The van der Waals surface area contributed by atoms with Crippen LogP contribution in [-0.4, -0.2) is 78.2 Å². The maximum Gasteiger partial charge on any atom is 0.229 e. The molecule has 0 aliphatic carbocycles. The SMILES string of the molecule is Cc1nc2ccccc2n1[C@H]1C[C@H]2CC[C@@H](C1)N2CCC1(c2cccc(F)c2)CCN(C(=O)C(C)(C)CNS(C)(=O)=O)CC1. The zero-order chi connectivity index (χ0) is 31.3. The molecule has 44 heavy (non-hydrogen) atoms. The number of nitrogens with zero attached hydrogens (tertiary/aromatic N) is 4. The number of sulfonamides is 1. The molecule has 4 heterocycles. The molecule has 1 amide bonds. The number of imidazole rings is 1. The van der Waals surface area contributed by atoms with Gasteiger partial charge in [-0.2, -0.15) is 0 Å². The minimum atomic E-state index is -3.40. The maximum atomic E-state index is 14.5. The topological polar surface area (TPSA) is 87.5 Å². The van der Waals surface area contributed by atoms with Crippen molar-refractivity contribution in [1.29, 1.82) is 0 Å². The molecule has 3 atom stereocenters. The minimum Gasteiger partial charge on any atom is -0.342 e. The summed E-state index contributed by atoms with van der Waals surface area (Å²) in [5.74, 6) is 0.812. The van der Waals surface area contributed by atoms with Gasteiger partial charge in [0, 0.05) is 37.8 Å². The van der Waals surface area contributed by atoms with Crippen molar-refractivity contribution >= 4 is 27.0 Å². The van der Waals surface area contributed by atoms with Crippen LogP contribution in [0, 0.1) is 18.2 Å². The van der Waals surface area contributed by atoms with E-state index in [0.717, 1.165) is 61.8 Å². The van der Waals surface area contributed by atoms with Crippen LogP contribution in [0.1, 0.15) is 76.2 Å². The van der Waals surface area contributed by atoms with Gasteiger partial charge >= 0.3 is 0 Å². The van der Waals surface area contributed by atoms with E-state index < -0.39 is 15.4 Å². The lowest BCUT2D eigenvalue weighted by atomic mass is 9.70. The fraction of sp³-hybridized carbons (Fsp3) is 0.588. The summed E-state index contributed by atoms with van der Waals surface area (Å²) in [5, 5.41) is 0. The Labute approximate surface area is 261 Å². The number of hydrogen-bond acceptors (Lipinski definition) is 5. The molecule has 1 N–H and O–H groups in total. The largest absolute Gasteiger partial charge is 0.342 e. The van der Waals surface area contributed by atoms with Crippen LogP contribution in [0.25, 0.3) is 11.0 Å². The number of fused-ring (bicyclic) bond motifs is 3. The number of likely N-dealkylation sites (tertiary alicyclic amines) is 1. The monoisotopic (exact) mass is 623 g/mol. The van der Waals surface area contributed by atoms with Crippen molar-refractivity contribution in [3.8, 4) is 0 Å². The molecule has 0 radical (unpaired) electrons. The Bertz CT molecular complexity index is 1610. The fourth-order valence-electron chi connectivity index (χ4n) is 8.24. The number of carbonyl (C=O) groups is 1. The number of hydrogen-bond donors (Lipinski definition) is 1. The Kier molecular flexibility index (Phi) is 8.39. The Morgan fingerprint density at radius 2 is 1.73 bits per heavy atom. The van der Waals surface area contributed by atoms with E-state index in [9.17, 15) is 17.6 Å². The zero-order valence-corrected chi connectivity index (χ0v) is 27.2. The molecule has 2 aromatic carbocycles. The van der Waals surface area contributed by atoms with Crippen molar-refractivity contribution in [3.05, 3.63) is 65.7 Å². The van der Waals surface area contributed by atoms with E-state index in [1.54, 1.807) is 26.0 Å². The Hall–Kier alpha value is -2.82. The van der Waals surface area contributed by atoms with Crippen molar-refractivity contribution in [2.75, 3.05) is 32.4 Å². The molecular weight excluding hydrogens is 577 g/mol. The van der Waals surface area contributed by atoms with Crippen molar-refractivity contribution in [3.63, 3.8) is 0 Å². The molecule has 6 rings (SSSR count). The van der Waals surface area contributed by atoms with Crippen molar-refractivity contribution in [2.45, 2.75) is 89.3 Å². The lowest BCUT2D eigenvalue weighted by Crippen LogP contribution is -2.52. The molecule has 3 fully saturated rings. The van der Waals surface area contributed by atoms with Gasteiger partial charge in [0.1, 0.15) is 11.6 Å². The first-order valence-electron chi connectivity index (χ1n) is 16.0. The van der Waals surface area contributed by atoms with Crippen LogP contribution >= 0.6 is 0 Å². The van der Waals surface area contributed by atoms with E-state index >= 15 is 0 Å². The summed E-state index contributed by atoms with van der Waals surface area (Å²) in [6.07, 6.45) is 8.18. The predicted octanol–water partition coefficient (Wildman–Crippen LogP) is 5.18. The van der Waals surface area contributed by atoms with Crippen LogP contribution in [0.3, 0.4) is 0 Å². The van der Waals surface area contributed by atoms with Crippen LogP contribution in [0.2, 0.25) is 0 Å². The molecule has 8 nitrogen and oxygen atoms in total. The average Bonchev–Trinajstić information content (AvgIpc) is 3.45. The first-order valence-corrected chi connectivity index (χ1v) is 17.9. The molecule has 0 unspecified atom stereocenters. The lowest BCUT2D eigenvalue weighted by molar-refractivity contribution is -0.141. The maximum absolute atomic E-state index is 14.5. The van der Waals surface area contributed by atoms with Gasteiger partial charge in [0.15, 0.2) is 0 Å². The van der Waals surface area contributed by atoms with E-state index in [0.29, 0.717) is 31.2 Å². The molecule has 3 aliphatic heterocycles. The highest BCUT2D eigenvalue weighted by Crippen LogP contribution is 2.45. The molecule has 10 heteroatoms. The van der Waals surface area contributed by atoms with Crippen LogP contribution in [0.4, 0.5) is 4.39 Å². The molecule has 3 saturated heterocycles. The highest BCUT2D eigenvalue weighted by atomic mass is 32.2. The number of aromatic nitrogens is 2. The van der Waals surface area contributed by atoms with Gasteiger partial charge in [0.25, 0.3) is 0 Å².